The maximum absolute atomic E-state index is 9.35. The van der Waals surface area contributed by atoms with Crippen LogP contribution >= 0.6 is 47.8 Å². The van der Waals surface area contributed by atoms with E-state index < -0.39 is 6.10 Å². The van der Waals surface area contributed by atoms with Crippen molar-refractivity contribution in [1.29, 1.82) is 0 Å². The van der Waals surface area contributed by atoms with Crippen LogP contribution < -0.4 is 0 Å². The Labute approximate surface area is 131 Å². The second-order valence-corrected chi connectivity index (χ2v) is 6.69. The van der Waals surface area contributed by atoms with Crippen LogP contribution in [-0.4, -0.2) is 11.2 Å². The molecule has 0 radical (unpaired) electrons. The third-order valence-corrected chi connectivity index (χ3v) is 4.12. The van der Waals surface area contributed by atoms with Crippen molar-refractivity contribution >= 4 is 47.8 Å². The zero-order valence-electron chi connectivity index (χ0n) is 9.58. The van der Waals surface area contributed by atoms with E-state index in [9.17, 15) is 5.11 Å². The zero-order valence-corrected chi connectivity index (χ0v) is 14.3. The molecule has 0 fully saturated rings. The number of hydrogen-bond acceptors (Lipinski definition) is 2. The molecule has 5 heteroatoms. The Morgan fingerprint density at radius 2 is 1.78 bits per heavy atom. The molecule has 2 rings (SSSR count). The normalized spacial score (nSPS) is 12.7. The second-order valence-electron chi connectivity index (χ2n) is 4.06. The van der Waals surface area contributed by atoms with Crippen molar-refractivity contribution in [1.82, 2.24) is 0 Å². The van der Waals surface area contributed by atoms with E-state index in [1.54, 1.807) is 6.92 Å². The zero-order chi connectivity index (χ0) is 13.3. The van der Waals surface area contributed by atoms with Crippen LogP contribution in [0.25, 0.3) is 11.3 Å². The van der Waals surface area contributed by atoms with E-state index in [2.05, 4.69) is 47.8 Å². The minimum Gasteiger partial charge on any atom is -0.461 e. The summed E-state index contributed by atoms with van der Waals surface area (Å²) in [6, 6.07) is 7.74. The van der Waals surface area contributed by atoms with Gasteiger partial charge in [-0.1, -0.05) is 15.9 Å². The van der Waals surface area contributed by atoms with E-state index in [1.807, 2.05) is 24.3 Å². The van der Waals surface area contributed by atoms with Crippen LogP contribution in [0, 0.1) is 0 Å². The highest BCUT2D eigenvalue weighted by Crippen LogP contribution is 2.38. The van der Waals surface area contributed by atoms with Crippen molar-refractivity contribution in [3.63, 3.8) is 0 Å². The number of aliphatic hydroxyl groups excluding tert-OH is 1. The maximum atomic E-state index is 9.35. The summed E-state index contributed by atoms with van der Waals surface area (Å²) in [5.74, 6) is 1.55. The van der Waals surface area contributed by atoms with Gasteiger partial charge >= 0.3 is 0 Å². The molecule has 1 aromatic heterocycles. The van der Waals surface area contributed by atoms with Crippen molar-refractivity contribution in [3.8, 4) is 11.3 Å². The molecule has 0 bridgehead atoms. The Morgan fingerprint density at radius 1 is 1.17 bits per heavy atom. The molecule has 18 heavy (non-hydrogen) atoms. The van der Waals surface area contributed by atoms with Crippen LogP contribution in [0.2, 0.25) is 0 Å². The number of aliphatic hydroxyl groups is 1. The number of hydrogen-bond donors (Lipinski definition) is 1. The molecule has 0 spiro atoms. The molecular formula is C13H11Br3O2. The van der Waals surface area contributed by atoms with Crippen LogP contribution in [0.3, 0.4) is 0 Å². The van der Waals surface area contributed by atoms with Gasteiger partial charge in [-0.05, 0) is 63.0 Å². The van der Waals surface area contributed by atoms with Gasteiger partial charge in [0.1, 0.15) is 11.5 Å². The van der Waals surface area contributed by atoms with Gasteiger partial charge < -0.3 is 9.52 Å². The van der Waals surface area contributed by atoms with E-state index in [-0.39, 0.29) is 0 Å². The van der Waals surface area contributed by atoms with Crippen LogP contribution in [0.4, 0.5) is 0 Å². The molecule has 2 aromatic rings. The monoisotopic (exact) mass is 436 g/mol. The van der Waals surface area contributed by atoms with E-state index >= 15 is 0 Å². The number of benzene rings is 1. The lowest BCUT2D eigenvalue weighted by molar-refractivity contribution is 0.187. The highest BCUT2D eigenvalue weighted by atomic mass is 79.9. The van der Waals surface area contributed by atoms with Crippen molar-refractivity contribution in [3.05, 3.63) is 43.4 Å². The summed E-state index contributed by atoms with van der Waals surface area (Å²) >= 11 is 10.5. The van der Waals surface area contributed by atoms with Gasteiger partial charge in [-0.25, -0.2) is 0 Å². The lowest BCUT2D eigenvalue weighted by Gasteiger charge is -2.06. The van der Waals surface area contributed by atoms with Crippen LogP contribution in [-0.2, 0) is 6.42 Å². The summed E-state index contributed by atoms with van der Waals surface area (Å²) in [5, 5.41) is 9.35. The molecule has 1 aromatic carbocycles. The molecule has 1 unspecified atom stereocenters. The fourth-order valence-electron chi connectivity index (χ4n) is 1.69. The lowest BCUT2D eigenvalue weighted by Crippen LogP contribution is -2.02. The quantitative estimate of drug-likeness (QED) is 0.718. The average Bonchev–Trinajstić information content (AvgIpc) is 2.63. The van der Waals surface area contributed by atoms with E-state index in [4.69, 9.17) is 4.42 Å². The third-order valence-electron chi connectivity index (χ3n) is 2.41. The molecule has 2 nitrogen and oxygen atoms in total. The summed E-state index contributed by atoms with van der Waals surface area (Å²) < 4.78 is 8.63. The fourth-order valence-corrected chi connectivity index (χ4v) is 4.34. The smallest absolute Gasteiger partial charge is 0.136 e. The Morgan fingerprint density at radius 3 is 2.33 bits per heavy atom. The Hall–Kier alpha value is -0.100. The van der Waals surface area contributed by atoms with Gasteiger partial charge in [0.05, 0.1) is 6.10 Å². The van der Waals surface area contributed by atoms with Gasteiger partial charge in [0.25, 0.3) is 0 Å². The minimum absolute atomic E-state index is 0.402. The predicted molar refractivity (Wildman–Crippen MR) is 82.6 cm³/mol. The second kappa shape index (κ2) is 5.90. The predicted octanol–water partition coefficient (Wildman–Crippen LogP) is 5.16. The molecule has 0 amide bonds. The summed E-state index contributed by atoms with van der Waals surface area (Å²) in [7, 11) is 0. The highest BCUT2D eigenvalue weighted by molar-refractivity contribution is 9.11. The number of furan rings is 1. The van der Waals surface area contributed by atoms with E-state index in [0.29, 0.717) is 6.42 Å². The first kappa shape index (κ1) is 14.3. The lowest BCUT2D eigenvalue weighted by atomic mass is 10.2. The molecule has 1 atom stereocenters. The average molecular weight is 439 g/mol. The number of rotatable bonds is 3. The molecule has 1 N–H and O–H groups in total. The minimum atomic E-state index is -0.402. The molecule has 0 saturated heterocycles. The van der Waals surface area contributed by atoms with Crippen LogP contribution in [0.15, 0.2) is 42.1 Å². The van der Waals surface area contributed by atoms with Crippen molar-refractivity contribution in [2.75, 3.05) is 0 Å². The third kappa shape index (κ3) is 3.26. The Kier molecular flexibility index (Phi) is 4.69. The van der Waals surface area contributed by atoms with Gasteiger partial charge in [0.15, 0.2) is 0 Å². The summed E-state index contributed by atoms with van der Waals surface area (Å²) in [6.45, 7) is 1.74. The first-order valence-electron chi connectivity index (χ1n) is 5.39. The molecule has 0 aliphatic rings. The molecule has 0 saturated carbocycles. The maximum Gasteiger partial charge on any atom is 0.136 e. The van der Waals surface area contributed by atoms with Crippen molar-refractivity contribution < 1.29 is 9.52 Å². The van der Waals surface area contributed by atoms with Crippen LogP contribution in [0.1, 0.15) is 12.7 Å². The van der Waals surface area contributed by atoms with E-state index in [1.165, 1.54) is 0 Å². The summed E-state index contributed by atoms with van der Waals surface area (Å²) in [6.07, 6.45) is 0.118. The van der Waals surface area contributed by atoms with Crippen molar-refractivity contribution in [2.24, 2.45) is 0 Å². The molecular weight excluding hydrogens is 428 g/mol. The summed E-state index contributed by atoms with van der Waals surface area (Å²) in [5.41, 5.74) is 0.968. The fraction of sp³-hybridized carbons (Fsp3) is 0.231. The molecule has 0 aliphatic heterocycles. The standard InChI is InChI=1S/C13H11Br3O2/c1-7(17)4-9-2-3-12(18-9)13-10(15)5-8(14)6-11(13)16/h2-3,5-7,17H,4H2,1H3. The number of halogens is 3. The summed E-state index contributed by atoms with van der Waals surface area (Å²) in [4.78, 5) is 0. The first-order chi connectivity index (χ1) is 8.47. The van der Waals surface area contributed by atoms with Crippen LogP contribution in [0.5, 0.6) is 0 Å². The molecule has 96 valence electrons. The SMILES string of the molecule is CC(O)Cc1ccc(-c2c(Br)cc(Br)cc2Br)o1. The van der Waals surface area contributed by atoms with Gasteiger partial charge in [-0.3, -0.25) is 0 Å². The van der Waals surface area contributed by atoms with E-state index in [0.717, 1.165) is 30.5 Å². The Balaban J connectivity index is 2.40. The largest absolute Gasteiger partial charge is 0.461 e. The highest BCUT2D eigenvalue weighted by Gasteiger charge is 2.14. The van der Waals surface area contributed by atoms with Gasteiger partial charge in [0, 0.05) is 25.4 Å². The Bertz CT molecular complexity index is 538. The van der Waals surface area contributed by atoms with Crippen molar-refractivity contribution in [2.45, 2.75) is 19.4 Å². The van der Waals surface area contributed by atoms with Gasteiger partial charge in [0.2, 0.25) is 0 Å². The topological polar surface area (TPSA) is 33.4 Å². The molecule has 1 heterocycles. The first-order valence-corrected chi connectivity index (χ1v) is 7.77. The van der Waals surface area contributed by atoms with Gasteiger partial charge in [-0.15, -0.1) is 0 Å². The van der Waals surface area contributed by atoms with Gasteiger partial charge in [-0.2, -0.15) is 0 Å². The molecule has 0 aliphatic carbocycles.